The van der Waals surface area contributed by atoms with Gasteiger partial charge < -0.3 is 5.32 Å². The van der Waals surface area contributed by atoms with Crippen LogP contribution < -0.4 is 5.32 Å². The van der Waals surface area contributed by atoms with Crippen molar-refractivity contribution in [2.45, 2.75) is 13.5 Å². The van der Waals surface area contributed by atoms with Crippen LogP contribution in [0.15, 0.2) is 28.7 Å². The fraction of sp³-hybridized carbons (Fsp3) is 0.167. The summed E-state index contributed by atoms with van der Waals surface area (Å²) in [4.78, 5) is 1.17. The first-order valence-electron chi connectivity index (χ1n) is 5.00. The van der Waals surface area contributed by atoms with E-state index in [4.69, 9.17) is 23.2 Å². The lowest BCUT2D eigenvalue weighted by molar-refractivity contribution is 1.18. The number of hydrogen-bond donors (Lipinski definition) is 1. The van der Waals surface area contributed by atoms with Gasteiger partial charge in [-0.1, -0.05) is 35.3 Å². The lowest BCUT2D eigenvalue weighted by Crippen LogP contribution is -1.99. The minimum atomic E-state index is 0.723. The van der Waals surface area contributed by atoms with E-state index in [0.29, 0.717) is 0 Å². The highest BCUT2D eigenvalue weighted by Crippen LogP contribution is 2.33. The predicted molar refractivity (Wildman–Crippen MR) is 80.5 cm³/mol. The molecule has 0 saturated carbocycles. The number of aryl methyl sites for hydroxylation is 1. The van der Waals surface area contributed by atoms with Gasteiger partial charge in [-0.3, -0.25) is 0 Å². The van der Waals surface area contributed by atoms with Crippen molar-refractivity contribution in [2.75, 3.05) is 5.32 Å². The van der Waals surface area contributed by atoms with Crippen LogP contribution >= 0.6 is 50.5 Å². The van der Waals surface area contributed by atoms with E-state index in [2.05, 4.69) is 21.2 Å². The van der Waals surface area contributed by atoms with Crippen LogP contribution in [0.3, 0.4) is 0 Å². The maximum Gasteiger partial charge on any atom is 0.107 e. The molecule has 0 saturated heterocycles. The summed E-state index contributed by atoms with van der Waals surface area (Å²) in [7, 11) is 0. The zero-order chi connectivity index (χ0) is 12.4. The van der Waals surface area contributed by atoms with Crippen LogP contribution in [0.25, 0.3) is 0 Å². The number of halogens is 3. The Kier molecular flexibility index (Phi) is 4.36. The molecular formula is C12H10BrCl2NS. The molecule has 0 fully saturated rings. The molecule has 5 heteroatoms. The van der Waals surface area contributed by atoms with E-state index in [-0.39, 0.29) is 0 Å². The average molecular weight is 351 g/mol. The minimum Gasteiger partial charge on any atom is -0.379 e. The maximum atomic E-state index is 6.14. The van der Waals surface area contributed by atoms with E-state index >= 15 is 0 Å². The standard InChI is InChI=1S/C12H10BrCl2NS/c1-7-3-2-4-10(14)11(7)16-6-8-5-9(13)12(15)17-8/h2-5,16H,6H2,1H3. The smallest absolute Gasteiger partial charge is 0.107 e. The molecule has 0 aliphatic carbocycles. The van der Waals surface area contributed by atoms with Crippen molar-refractivity contribution in [3.05, 3.63) is 48.5 Å². The molecule has 2 rings (SSSR count). The summed E-state index contributed by atoms with van der Waals surface area (Å²) in [5, 5.41) is 4.08. The summed E-state index contributed by atoms with van der Waals surface area (Å²) in [5.41, 5.74) is 2.12. The summed E-state index contributed by atoms with van der Waals surface area (Å²) in [6.07, 6.45) is 0. The molecule has 0 radical (unpaired) electrons. The molecule has 1 aromatic carbocycles. The fourth-order valence-corrected chi connectivity index (χ4v) is 3.53. The van der Waals surface area contributed by atoms with Crippen molar-refractivity contribution in [2.24, 2.45) is 0 Å². The van der Waals surface area contributed by atoms with Gasteiger partial charge in [-0.05, 0) is 40.5 Å². The third-order valence-corrected chi connectivity index (χ3v) is 5.15. The Bertz CT molecular complexity index is 500. The Morgan fingerprint density at radius 1 is 1.35 bits per heavy atom. The number of hydrogen-bond acceptors (Lipinski definition) is 2. The molecule has 0 amide bonds. The number of rotatable bonds is 3. The number of thiophene rings is 1. The second-order valence-corrected chi connectivity index (χ2v) is 6.62. The van der Waals surface area contributed by atoms with E-state index in [1.165, 1.54) is 4.88 Å². The van der Waals surface area contributed by atoms with Crippen molar-refractivity contribution in [3.63, 3.8) is 0 Å². The number of benzene rings is 1. The van der Waals surface area contributed by atoms with Gasteiger partial charge in [-0.25, -0.2) is 0 Å². The molecule has 1 nitrogen and oxygen atoms in total. The quantitative estimate of drug-likeness (QED) is 0.744. The Morgan fingerprint density at radius 2 is 2.12 bits per heavy atom. The van der Waals surface area contributed by atoms with E-state index < -0.39 is 0 Å². The maximum absolute atomic E-state index is 6.14. The van der Waals surface area contributed by atoms with Crippen molar-refractivity contribution in [1.29, 1.82) is 0 Å². The Balaban J connectivity index is 2.12. The van der Waals surface area contributed by atoms with Crippen molar-refractivity contribution >= 4 is 56.2 Å². The van der Waals surface area contributed by atoms with Gasteiger partial charge in [-0.2, -0.15) is 0 Å². The van der Waals surface area contributed by atoms with E-state index in [1.807, 2.05) is 31.2 Å². The van der Waals surface area contributed by atoms with Gasteiger partial charge in [0.05, 0.1) is 10.7 Å². The van der Waals surface area contributed by atoms with Gasteiger partial charge in [-0.15, -0.1) is 11.3 Å². The first kappa shape index (κ1) is 13.2. The molecule has 0 aliphatic rings. The second kappa shape index (κ2) is 5.61. The first-order valence-corrected chi connectivity index (χ1v) is 7.37. The highest BCUT2D eigenvalue weighted by molar-refractivity contribution is 9.10. The van der Waals surface area contributed by atoms with Crippen LogP contribution in [0.5, 0.6) is 0 Å². The summed E-state index contributed by atoms with van der Waals surface area (Å²) in [6, 6.07) is 7.88. The molecule has 0 spiro atoms. The molecule has 1 N–H and O–H groups in total. The molecule has 1 heterocycles. The molecular weight excluding hydrogens is 341 g/mol. The molecule has 0 aliphatic heterocycles. The van der Waals surface area contributed by atoms with E-state index in [9.17, 15) is 0 Å². The van der Waals surface area contributed by atoms with Gasteiger partial charge in [0.1, 0.15) is 4.34 Å². The van der Waals surface area contributed by atoms with Crippen LogP contribution in [0.4, 0.5) is 5.69 Å². The van der Waals surface area contributed by atoms with Crippen LogP contribution in [-0.4, -0.2) is 0 Å². The summed E-state index contributed by atoms with van der Waals surface area (Å²) in [6.45, 7) is 2.76. The lowest BCUT2D eigenvalue weighted by atomic mass is 10.2. The predicted octanol–water partition coefficient (Wildman–Crippen LogP) is 5.74. The monoisotopic (exact) mass is 349 g/mol. The summed E-state index contributed by atoms with van der Waals surface area (Å²) in [5.74, 6) is 0. The zero-order valence-electron chi connectivity index (χ0n) is 9.06. The average Bonchev–Trinajstić information content (AvgIpc) is 2.58. The van der Waals surface area contributed by atoms with Gasteiger partial charge >= 0.3 is 0 Å². The normalized spacial score (nSPS) is 10.6. The van der Waals surface area contributed by atoms with Crippen LogP contribution in [0, 0.1) is 6.92 Å². The van der Waals surface area contributed by atoms with Crippen LogP contribution in [0.2, 0.25) is 9.36 Å². The Morgan fingerprint density at radius 3 is 2.71 bits per heavy atom. The van der Waals surface area contributed by atoms with Gasteiger partial charge in [0.25, 0.3) is 0 Å². The summed E-state index contributed by atoms with van der Waals surface area (Å²) >= 11 is 17.1. The Labute approximate surface area is 123 Å². The van der Waals surface area contributed by atoms with Crippen molar-refractivity contribution in [1.82, 2.24) is 0 Å². The Hall–Kier alpha value is -0.220. The molecule has 1 aromatic heterocycles. The molecule has 17 heavy (non-hydrogen) atoms. The lowest BCUT2D eigenvalue weighted by Gasteiger charge is -2.10. The third kappa shape index (κ3) is 3.16. The van der Waals surface area contributed by atoms with E-state index in [0.717, 1.165) is 31.6 Å². The second-order valence-electron chi connectivity index (χ2n) is 3.62. The van der Waals surface area contributed by atoms with Crippen molar-refractivity contribution < 1.29 is 0 Å². The number of para-hydroxylation sites is 1. The van der Waals surface area contributed by atoms with E-state index in [1.54, 1.807) is 11.3 Å². The molecule has 2 aromatic rings. The molecule has 0 atom stereocenters. The van der Waals surface area contributed by atoms with Gasteiger partial charge in [0.15, 0.2) is 0 Å². The number of anilines is 1. The summed E-state index contributed by atoms with van der Waals surface area (Å²) < 4.78 is 1.72. The molecule has 0 bridgehead atoms. The fourth-order valence-electron chi connectivity index (χ4n) is 1.51. The molecule has 90 valence electrons. The first-order chi connectivity index (χ1) is 8.08. The topological polar surface area (TPSA) is 12.0 Å². The van der Waals surface area contributed by atoms with Crippen LogP contribution in [-0.2, 0) is 6.54 Å². The number of nitrogens with one attached hydrogen (secondary N) is 1. The van der Waals surface area contributed by atoms with Crippen molar-refractivity contribution in [3.8, 4) is 0 Å². The SMILES string of the molecule is Cc1cccc(Cl)c1NCc1cc(Br)c(Cl)s1. The minimum absolute atomic E-state index is 0.723. The van der Waals surface area contributed by atoms with Gasteiger partial charge in [0, 0.05) is 15.9 Å². The highest BCUT2D eigenvalue weighted by atomic mass is 79.9. The third-order valence-electron chi connectivity index (χ3n) is 2.36. The van der Waals surface area contributed by atoms with Crippen LogP contribution in [0.1, 0.15) is 10.4 Å². The highest BCUT2D eigenvalue weighted by Gasteiger charge is 2.06. The molecule has 0 unspecified atom stereocenters. The zero-order valence-corrected chi connectivity index (χ0v) is 13.0. The largest absolute Gasteiger partial charge is 0.379 e. The van der Waals surface area contributed by atoms with Gasteiger partial charge in [0.2, 0.25) is 0 Å².